The molecule has 1 aromatic carbocycles. The van der Waals surface area contributed by atoms with Gasteiger partial charge < -0.3 is 10.1 Å². The first-order valence-corrected chi connectivity index (χ1v) is 7.10. The van der Waals surface area contributed by atoms with Gasteiger partial charge >= 0.3 is 0 Å². The van der Waals surface area contributed by atoms with Crippen LogP contribution in [0.15, 0.2) is 18.2 Å². The topological polar surface area (TPSA) is 21.3 Å². The van der Waals surface area contributed by atoms with Gasteiger partial charge in [0.1, 0.15) is 5.75 Å². The molecule has 1 N–H and O–H groups in total. The minimum atomic E-state index is 0. The molecule has 2 nitrogen and oxygen atoms in total. The monoisotopic (exact) mass is 283 g/mol. The zero-order chi connectivity index (χ0) is 13.0. The van der Waals surface area contributed by atoms with Crippen LogP contribution in [-0.4, -0.2) is 19.7 Å². The van der Waals surface area contributed by atoms with Crippen molar-refractivity contribution in [2.75, 3.05) is 19.7 Å². The summed E-state index contributed by atoms with van der Waals surface area (Å²) in [5.41, 5.74) is 2.76. The molecule has 108 valence electrons. The minimum absolute atomic E-state index is 0. The van der Waals surface area contributed by atoms with Crippen LogP contribution in [-0.2, 0) is 0 Å². The van der Waals surface area contributed by atoms with Gasteiger partial charge in [0.25, 0.3) is 0 Å². The molecular formula is C16H26ClNO. The van der Waals surface area contributed by atoms with Crippen molar-refractivity contribution in [1.29, 1.82) is 0 Å². The summed E-state index contributed by atoms with van der Waals surface area (Å²) < 4.78 is 5.86. The molecule has 0 unspecified atom stereocenters. The summed E-state index contributed by atoms with van der Waals surface area (Å²) in [4.78, 5) is 0. The molecule has 1 fully saturated rings. The number of halogens is 1. The lowest BCUT2D eigenvalue weighted by Gasteiger charge is -2.24. The summed E-state index contributed by atoms with van der Waals surface area (Å²) in [7, 11) is 0. The molecule has 3 heteroatoms. The molecule has 0 aliphatic carbocycles. The van der Waals surface area contributed by atoms with Crippen LogP contribution in [0.1, 0.15) is 43.7 Å². The molecule has 1 aliphatic heterocycles. The number of hydrogen-bond acceptors (Lipinski definition) is 2. The maximum absolute atomic E-state index is 5.86. The smallest absolute Gasteiger partial charge is 0.119 e. The zero-order valence-electron chi connectivity index (χ0n) is 12.2. The fraction of sp³-hybridized carbons (Fsp3) is 0.625. The third-order valence-electron chi connectivity index (χ3n) is 3.47. The Morgan fingerprint density at radius 1 is 1.21 bits per heavy atom. The Balaban J connectivity index is 0.00000180. The van der Waals surface area contributed by atoms with E-state index in [1.807, 2.05) is 0 Å². The van der Waals surface area contributed by atoms with Gasteiger partial charge in [-0.05, 0) is 68.0 Å². The Kier molecular flexibility index (Phi) is 6.67. The quantitative estimate of drug-likeness (QED) is 0.904. The van der Waals surface area contributed by atoms with Crippen molar-refractivity contribution >= 4 is 12.4 Å². The molecule has 1 saturated heterocycles. The average molecular weight is 284 g/mol. The number of rotatable bonds is 4. The molecule has 0 amide bonds. The third kappa shape index (κ3) is 5.04. The Morgan fingerprint density at radius 3 is 2.53 bits per heavy atom. The molecule has 0 radical (unpaired) electrons. The molecule has 0 spiro atoms. The Hall–Kier alpha value is -0.730. The number of nitrogens with one attached hydrogen (secondary N) is 1. The molecule has 19 heavy (non-hydrogen) atoms. The highest BCUT2D eigenvalue weighted by Crippen LogP contribution is 2.29. The summed E-state index contributed by atoms with van der Waals surface area (Å²) in [6, 6.07) is 6.70. The van der Waals surface area contributed by atoms with E-state index in [1.54, 1.807) is 0 Å². The number of ether oxygens (including phenoxy) is 1. The molecule has 0 aromatic heterocycles. The average Bonchev–Trinajstić information content (AvgIpc) is 2.37. The van der Waals surface area contributed by atoms with Gasteiger partial charge in [-0.1, -0.05) is 19.9 Å². The van der Waals surface area contributed by atoms with Crippen LogP contribution in [0.3, 0.4) is 0 Å². The van der Waals surface area contributed by atoms with Crippen LogP contribution in [0.2, 0.25) is 0 Å². The molecule has 1 aliphatic rings. The van der Waals surface area contributed by atoms with Crippen LogP contribution in [0.4, 0.5) is 0 Å². The Bertz CT molecular complexity index is 386. The van der Waals surface area contributed by atoms with Gasteiger partial charge in [-0.15, -0.1) is 12.4 Å². The van der Waals surface area contributed by atoms with E-state index in [0.717, 1.165) is 25.4 Å². The van der Waals surface area contributed by atoms with Crippen LogP contribution in [0, 0.1) is 12.8 Å². The molecular weight excluding hydrogens is 258 g/mol. The zero-order valence-corrected chi connectivity index (χ0v) is 13.1. The van der Waals surface area contributed by atoms with Gasteiger partial charge in [-0.25, -0.2) is 0 Å². The van der Waals surface area contributed by atoms with Gasteiger partial charge in [0.2, 0.25) is 0 Å². The van der Waals surface area contributed by atoms with Gasteiger partial charge in [-0.3, -0.25) is 0 Å². The standard InChI is InChI=1S/C16H25NO.ClH/c1-12(2)11-18-16-9-13(3)8-15(10-16)14-4-6-17-7-5-14;/h8-10,12,14,17H,4-7,11H2,1-3H3;1H. The van der Waals surface area contributed by atoms with Gasteiger partial charge in [0, 0.05) is 0 Å². The normalized spacial score (nSPS) is 16.2. The van der Waals surface area contributed by atoms with Gasteiger partial charge in [0.15, 0.2) is 0 Å². The molecule has 0 saturated carbocycles. The van der Waals surface area contributed by atoms with E-state index in [1.165, 1.54) is 24.0 Å². The molecule has 1 heterocycles. The predicted octanol–water partition coefficient (Wildman–Crippen LogP) is 3.92. The minimum Gasteiger partial charge on any atom is -0.493 e. The van der Waals surface area contributed by atoms with E-state index in [4.69, 9.17) is 4.74 Å². The van der Waals surface area contributed by atoms with E-state index in [2.05, 4.69) is 44.3 Å². The van der Waals surface area contributed by atoms with Crippen molar-refractivity contribution in [2.24, 2.45) is 5.92 Å². The highest BCUT2D eigenvalue weighted by atomic mass is 35.5. The highest BCUT2D eigenvalue weighted by Gasteiger charge is 2.16. The van der Waals surface area contributed by atoms with E-state index >= 15 is 0 Å². The summed E-state index contributed by atoms with van der Waals surface area (Å²) in [5.74, 6) is 2.32. The largest absolute Gasteiger partial charge is 0.493 e. The van der Waals surface area contributed by atoms with Crippen molar-refractivity contribution in [2.45, 2.75) is 39.5 Å². The molecule has 0 bridgehead atoms. The lowest BCUT2D eigenvalue weighted by Crippen LogP contribution is -2.26. The summed E-state index contributed by atoms with van der Waals surface area (Å²) >= 11 is 0. The molecule has 2 rings (SSSR count). The Labute approximate surface area is 123 Å². The number of hydrogen-bond donors (Lipinski definition) is 1. The van der Waals surface area contributed by atoms with E-state index in [-0.39, 0.29) is 12.4 Å². The van der Waals surface area contributed by atoms with Gasteiger partial charge in [-0.2, -0.15) is 0 Å². The van der Waals surface area contributed by atoms with Crippen LogP contribution < -0.4 is 10.1 Å². The summed E-state index contributed by atoms with van der Waals surface area (Å²) in [6.07, 6.45) is 2.49. The first kappa shape index (κ1) is 16.3. The first-order valence-electron chi connectivity index (χ1n) is 7.10. The fourth-order valence-corrected chi connectivity index (χ4v) is 2.51. The van der Waals surface area contributed by atoms with Crippen molar-refractivity contribution in [3.8, 4) is 5.75 Å². The lowest BCUT2D eigenvalue weighted by molar-refractivity contribution is 0.270. The Morgan fingerprint density at radius 2 is 1.89 bits per heavy atom. The van der Waals surface area contributed by atoms with Gasteiger partial charge in [0.05, 0.1) is 6.61 Å². The number of aryl methyl sites for hydroxylation is 1. The lowest BCUT2D eigenvalue weighted by atomic mass is 9.89. The van der Waals surface area contributed by atoms with Crippen molar-refractivity contribution in [3.63, 3.8) is 0 Å². The van der Waals surface area contributed by atoms with Crippen molar-refractivity contribution in [3.05, 3.63) is 29.3 Å². The van der Waals surface area contributed by atoms with Crippen LogP contribution in [0.25, 0.3) is 0 Å². The van der Waals surface area contributed by atoms with Crippen molar-refractivity contribution in [1.82, 2.24) is 5.32 Å². The molecule has 0 atom stereocenters. The maximum Gasteiger partial charge on any atom is 0.119 e. The van der Waals surface area contributed by atoms with Crippen molar-refractivity contribution < 1.29 is 4.74 Å². The number of benzene rings is 1. The third-order valence-corrected chi connectivity index (χ3v) is 3.47. The fourth-order valence-electron chi connectivity index (χ4n) is 2.51. The summed E-state index contributed by atoms with van der Waals surface area (Å²) in [6.45, 7) is 9.61. The highest BCUT2D eigenvalue weighted by molar-refractivity contribution is 5.85. The first-order chi connectivity index (χ1) is 8.65. The predicted molar refractivity (Wildman–Crippen MR) is 83.6 cm³/mol. The summed E-state index contributed by atoms with van der Waals surface area (Å²) in [5, 5.41) is 3.42. The second-order valence-corrected chi connectivity index (χ2v) is 5.81. The van der Waals surface area contributed by atoms with E-state index in [9.17, 15) is 0 Å². The van der Waals surface area contributed by atoms with Crippen LogP contribution >= 0.6 is 12.4 Å². The second-order valence-electron chi connectivity index (χ2n) is 5.81. The van der Waals surface area contributed by atoms with Crippen LogP contribution in [0.5, 0.6) is 5.75 Å². The van der Waals surface area contributed by atoms with E-state index in [0.29, 0.717) is 11.8 Å². The number of piperidine rings is 1. The molecule has 1 aromatic rings. The van der Waals surface area contributed by atoms with E-state index < -0.39 is 0 Å². The SMILES string of the molecule is Cc1cc(OCC(C)C)cc(C2CCNCC2)c1.Cl. The second kappa shape index (κ2) is 7.76. The maximum atomic E-state index is 5.86.